The number of piperidine rings is 1. The van der Waals surface area contributed by atoms with E-state index in [1.165, 1.54) is 38.8 Å². The number of rotatable bonds is 3. The molecule has 1 aliphatic heterocycles. The highest BCUT2D eigenvalue weighted by atomic mass is 15.0. The summed E-state index contributed by atoms with van der Waals surface area (Å²) in [5, 5.41) is 7.17. The Hall–Kier alpha value is -0.0800. The molecular formula is C10H20N2. The molecule has 1 saturated heterocycles. The largest absolute Gasteiger partial charge is 0.313 e. The van der Waals surface area contributed by atoms with Gasteiger partial charge in [0.2, 0.25) is 0 Å². The van der Waals surface area contributed by atoms with Crippen molar-refractivity contribution in [3.05, 3.63) is 0 Å². The van der Waals surface area contributed by atoms with Crippen LogP contribution < -0.4 is 10.6 Å². The quantitative estimate of drug-likeness (QED) is 0.660. The van der Waals surface area contributed by atoms with Gasteiger partial charge >= 0.3 is 0 Å². The first kappa shape index (κ1) is 8.52. The van der Waals surface area contributed by atoms with Crippen molar-refractivity contribution in [2.45, 2.75) is 44.7 Å². The molecule has 2 N–H and O–H groups in total. The predicted octanol–water partition coefficient (Wildman–Crippen LogP) is 1.13. The van der Waals surface area contributed by atoms with E-state index in [1.807, 2.05) is 0 Å². The average Bonchev–Trinajstić information content (AvgIpc) is 2.81. The molecule has 1 saturated carbocycles. The van der Waals surface area contributed by atoms with E-state index < -0.39 is 0 Å². The van der Waals surface area contributed by atoms with Crippen LogP contribution in [0.4, 0.5) is 0 Å². The van der Waals surface area contributed by atoms with Gasteiger partial charge in [0, 0.05) is 18.6 Å². The highest BCUT2D eigenvalue weighted by Crippen LogP contribution is 2.28. The summed E-state index contributed by atoms with van der Waals surface area (Å²) in [6, 6.07) is 1.60. The van der Waals surface area contributed by atoms with Gasteiger partial charge in [-0.25, -0.2) is 0 Å². The van der Waals surface area contributed by atoms with Gasteiger partial charge in [-0.15, -0.1) is 0 Å². The van der Waals surface area contributed by atoms with E-state index in [0.29, 0.717) is 0 Å². The second kappa shape index (κ2) is 3.75. The third-order valence-corrected chi connectivity index (χ3v) is 3.15. The van der Waals surface area contributed by atoms with Crippen LogP contribution in [0, 0.1) is 5.92 Å². The number of hydrogen-bond donors (Lipinski definition) is 2. The molecule has 1 heterocycles. The first-order chi connectivity index (χ1) is 5.86. The van der Waals surface area contributed by atoms with Gasteiger partial charge in [-0.2, -0.15) is 0 Å². The smallest absolute Gasteiger partial charge is 0.0192 e. The molecule has 0 aromatic carbocycles. The summed E-state index contributed by atoms with van der Waals surface area (Å²) < 4.78 is 0. The van der Waals surface area contributed by atoms with Crippen LogP contribution in [0.1, 0.15) is 32.6 Å². The molecule has 3 atom stereocenters. The van der Waals surface area contributed by atoms with Crippen molar-refractivity contribution in [3.63, 3.8) is 0 Å². The Morgan fingerprint density at radius 1 is 1.42 bits per heavy atom. The molecule has 3 unspecified atom stereocenters. The zero-order valence-corrected chi connectivity index (χ0v) is 7.97. The third-order valence-electron chi connectivity index (χ3n) is 3.15. The topological polar surface area (TPSA) is 24.1 Å². The monoisotopic (exact) mass is 168 g/mol. The zero-order valence-electron chi connectivity index (χ0n) is 7.97. The van der Waals surface area contributed by atoms with Crippen molar-refractivity contribution >= 4 is 0 Å². The van der Waals surface area contributed by atoms with E-state index in [-0.39, 0.29) is 0 Å². The zero-order chi connectivity index (χ0) is 8.39. The Bertz CT molecular complexity index is 141. The highest BCUT2D eigenvalue weighted by Gasteiger charge is 2.32. The fourth-order valence-corrected chi connectivity index (χ4v) is 2.00. The molecule has 2 nitrogen and oxygen atoms in total. The van der Waals surface area contributed by atoms with Crippen molar-refractivity contribution in [2.75, 3.05) is 13.1 Å². The van der Waals surface area contributed by atoms with Crippen LogP contribution in [0.2, 0.25) is 0 Å². The van der Waals surface area contributed by atoms with Gasteiger partial charge in [0.05, 0.1) is 0 Å². The van der Waals surface area contributed by atoms with Gasteiger partial charge in [0.25, 0.3) is 0 Å². The summed E-state index contributed by atoms with van der Waals surface area (Å²) in [5.41, 5.74) is 0. The lowest BCUT2D eigenvalue weighted by molar-refractivity contribution is 0.381. The molecule has 0 aromatic rings. The molecule has 2 heteroatoms. The van der Waals surface area contributed by atoms with E-state index in [0.717, 1.165) is 18.0 Å². The summed E-state index contributed by atoms with van der Waals surface area (Å²) in [5.74, 6) is 0.939. The van der Waals surface area contributed by atoms with Gasteiger partial charge in [-0.1, -0.05) is 13.3 Å². The van der Waals surface area contributed by atoms with Crippen LogP contribution in [0.15, 0.2) is 0 Å². The molecular weight excluding hydrogens is 148 g/mol. The van der Waals surface area contributed by atoms with Gasteiger partial charge in [0.15, 0.2) is 0 Å². The second-order valence-corrected chi connectivity index (χ2v) is 4.37. The Kier molecular flexibility index (Phi) is 2.66. The minimum Gasteiger partial charge on any atom is -0.313 e. The summed E-state index contributed by atoms with van der Waals surface area (Å²) in [4.78, 5) is 0. The minimum absolute atomic E-state index is 0.756. The van der Waals surface area contributed by atoms with Crippen LogP contribution in [-0.2, 0) is 0 Å². The summed E-state index contributed by atoms with van der Waals surface area (Å²) in [6.07, 6.45) is 5.55. The fraction of sp³-hybridized carbons (Fsp3) is 1.00. The Morgan fingerprint density at radius 3 is 2.83 bits per heavy atom. The van der Waals surface area contributed by atoms with Gasteiger partial charge in [0.1, 0.15) is 0 Å². The molecule has 0 bridgehead atoms. The standard InChI is InChI=1S/C10H20N2/c1-8-6-10(8)12-7-9-4-2-3-5-11-9/h8-12H,2-7H2,1H3. The van der Waals surface area contributed by atoms with E-state index in [2.05, 4.69) is 17.6 Å². The van der Waals surface area contributed by atoms with Crippen molar-refractivity contribution in [1.29, 1.82) is 0 Å². The first-order valence-electron chi connectivity index (χ1n) is 5.33. The summed E-state index contributed by atoms with van der Waals surface area (Å²) >= 11 is 0. The first-order valence-corrected chi connectivity index (χ1v) is 5.33. The molecule has 0 amide bonds. The lowest BCUT2D eigenvalue weighted by Crippen LogP contribution is -2.42. The van der Waals surface area contributed by atoms with Crippen molar-refractivity contribution < 1.29 is 0 Å². The molecule has 70 valence electrons. The van der Waals surface area contributed by atoms with Crippen LogP contribution >= 0.6 is 0 Å². The molecule has 1 aliphatic carbocycles. The van der Waals surface area contributed by atoms with Crippen LogP contribution in [0.25, 0.3) is 0 Å². The molecule has 2 rings (SSSR count). The number of hydrogen-bond acceptors (Lipinski definition) is 2. The van der Waals surface area contributed by atoms with E-state index >= 15 is 0 Å². The minimum atomic E-state index is 0.756. The Labute approximate surface area is 75.1 Å². The number of nitrogens with one attached hydrogen (secondary N) is 2. The maximum Gasteiger partial charge on any atom is 0.0192 e. The fourth-order valence-electron chi connectivity index (χ4n) is 2.00. The molecule has 2 fully saturated rings. The van der Waals surface area contributed by atoms with Crippen molar-refractivity contribution in [3.8, 4) is 0 Å². The highest BCUT2D eigenvalue weighted by molar-refractivity contribution is 4.91. The maximum atomic E-state index is 3.61. The van der Waals surface area contributed by atoms with Crippen LogP contribution in [0.3, 0.4) is 0 Å². The molecule has 0 aromatic heterocycles. The van der Waals surface area contributed by atoms with E-state index in [9.17, 15) is 0 Å². The van der Waals surface area contributed by atoms with Gasteiger partial charge in [-0.05, 0) is 31.7 Å². The van der Waals surface area contributed by atoms with Crippen molar-refractivity contribution in [2.24, 2.45) is 5.92 Å². The Morgan fingerprint density at radius 2 is 2.25 bits per heavy atom. The SMILES string of the molecule is CC1CC1NCC1CCCCN1. The Balaban J connectivity index is 1.59. The van der Waals surface area contributed by atoms with Crippen molar-refractivity contribution in [1.82, 2.24) is 10.6 Å². The molecule has 0 radical (unpaired) electrons. The van der Waals surface area contributed by atoms with Gasteiger partial charge in [-0.3, -0.25) is 0 Å². The van der Waals surface area contributed by atoms with Gasteiger partial charge < -0.3 is 10.6 Å². The predicted molar refractivity (Wildman–Crippen MR) is 51.2 cm³/mol. The third kappa shape index (κ3) is 2.20. The summed E-state index contributed by atoms with van der Waals surface area (Å²) in [6.45, 7) is 4.74. The van der Waals surface area contributed by atoms with E-state index in [1.54, 1.807) is 0 Å². The lowest BCUT2D eigenvalue weighted by Gasteiger charge is -2.23. The second-order valence-electron chi connectivity index (χ2n) is 4.37. The maximum absolute atomic E-state index is 3.61. The average molecular weight is 168 g/mol. The normalized spacial score (nSPS) is 41.2. The van der Waals surface area contributed by atoms with Crippen LogP contribution in [-0.4, -0.2) is 25.2 Å². The lowest BCUT2D eigenvalue weighted by atomic mass is 10.1. The summed E-state index contributed by atoms with van der Waals surface area (Å²) in [7, 11) is 0. The molecule has 2 aliphatic rings. The molecule has 0 spiro atoms. The van der Waals surface area contributed by atoms with Crippen LogP contribution in [0.5, 0.6) is 0 Å². The van der Waals surface area contributed by atoms with E-state index in [4.69, 9.17) is 0 Å². The molecule has 12 heavy (non-hydrogen) atoms.